The van der Waals surface area contributed by atoms with Crippen LogP contribution in [0.2, 0.25) is 0 Å². The zero-order valence-corrected chi connectivity index (χ0v) is 12.6. The summed E-state index contributed by atoms with van der Waals surface area (Å²) in [6, 6.07) is 0. The van der Waals surface area contributed by atoms with Crippen LogP contribution in [0.1, 0.15) is 64.7 Å². The van der Waals surface area contributed by atoms with E-state index in [1.54, 1.807) is 0 Å². The molecule has 2 N–H and O–H groups in total. The van der Waals surface area contributed by atoms with Gasteiger partial charge in [0.05, 0.1) is 12.0 Å². The van der Waals surface area contributed by atoms with Crippen LogP contribution in [-0.4, -0.2) is 22.8 Å². The third kappa shape index (κ3) is 1.85. The first-order chi connectivity index (χ1) is 9.54. The van der Waals surface area contributed by atoms with Crippen molar-refractivity contribution in [1.82, 2.24) is 0 Å². The number of hydrogen-bond acceptors (Lipinski definition) is 2. The van der Waals surface area contributed by atoms with Crippen LogP contribution in [0.15, 0.2) is 0 Å². The zero-order valence-electron chi connectivity index (χ0n) is 12.6. The maximum Gasteiger partial charge on any atom is 0.312 e. The molecule has 0 bridgehead atoms. The van der Waals surface area contributed by atoms with Crippen molar-refractivity contribution in [2.45, 2.75) is 64.7 Å². The van der Waals surface area contributed by atoms with Crippen molar-refractivity contribution in [2.24, 2.45) is 28.6 Å². The van der Waals surface area contributed by atoms with Crippen LogP contribution < -0.4 is 0 Å². The minimum Gasteiger partial charge on any atom is -0.481 e. The number of hydrogen-bond donors (Lipinski definition) is 2. The van der Waals surface area contributed by atoms with E-state index in [2.05, 4.69) is 6.92 Å². The third-order valence-electron chi connectivity index (χ3n) is 7.09. The molecule has 3 heteroatoms. The molecule has 3 rings (SSSR count). The number of aliphatic hydroxyl groups excluding tert-OH is 1. The fourth-order valence-corrected chi connectivity index (χ4v) is 6.13. The summed E-state index contributed by atoms with van der Waals surface area (Å²) in [5.41, 5.74) is -0.724. The SMILES string of the molecule is C[C@]12CCC[C@](CO)(C(=O)O)C1CC[C@H]1CCCC[C@@H]12. The fraction of sp³-hybridized carbons (Fsp3) is 0.941. The van der Waals surface area contributed by atoms with Gasteiger partial charge in [0.15, 0.2) is 0 Å². The van der Waals surface area contributed by atoms with Gasteiger partial charge in [-0.25, -0.2) is 0 Å². The lowest BCUT2D eigenvalue weighted by Crippen LogP contribution is -2.57. The van der Waals surface area contributed by atoms with E-state index >= 15 is 0 Å². The molecule has 0 aromatic rings. The molecule has 114 valence electrons. The molecular formula is C17H28O3. The molecule has 3 aliphatic rings. The van der Waals surface area contributed by atoms with Gasteiger partial charge in [0, 0.05) is 0 Å². The Morgan fingerprint density at radius 3 is 2.55 bits per heavy atom. The topological polar surface area (TPSA) is 57.5 Å². The van der Waals surface area contributed by atoms with Crippen LogP contribution in [-0.2, 0) is 4.79 Å². The minimum absolute atomic E-state index is 0.142. The molecule has 20 heavy (non-hydrogen) atoms. The summed E-state index contributed by atoms with van der Waals surface area (Å²) in [4.78, 5) is 11.9. The highest BCUT2D eigenvalue weighted by atomic mass is 16.4. The number of carboxylic acids is 1. The fourth-order valence-electron chi connectivity index (χ4n) is 6.13. The molecule has 0 radical (unpaired) electrons. The average molecular weight is 280 g/mol. The van der Waals surface area contributed by atoms with E-state index in [0.29, 0.717) is 12.3 Å². The van der Waals surface area contributed by atoms with Crippen LogP contribution in [0.3, 0.4) is 0 Å². The van der Waals surface area contributed by atoms with E-state index in [-0.39, 0.29) is 17.9 Å². The van der Waals surface area contributed by atoms with Crippen LogP contribution in [0.5, 0.6) is 0 Å². The highest BCUT2D eigenvalue weighted by Gasteiger charge is 2.60. The third-order valence-corrected chi connectivity index (χ3v) is 7.09. The lowest BCUT2D eigenvalue weighted by Gasteiger charge is -2.60. The van der Waals surface area contributed by atoms with E-state index in [4.69, 9.17) is 0 Å². The second kappa shape index (κ2) is 5.01. The van der Waals surface area contributed by atoms with E-state index in [1.807, 2.05) is 0 Å². The highest BCUT2D eigenvalue weighted by Crippen LogP contribution is 2.63. The maximum atomic E-state index is 11.9. The first-order valence-electron chi connectivity index (χ1n) is 8.39. The number of fused-ring (bicyclic) bond motifs is 3. The molecule has 0 aromatic heterocycles. The molecular weight excluding hydrogens is 252 g/mol. The van der Waals surface area contributed by atoms with Crippen molar-refractivity contribution in [1.29, 1.82) is 0 Å². The first-order valence-corrected chi connectivity index (χ1v) is 8.39. The van der Waals surface area contributed by atoms with Crippen molar-refractivity contribution in [3.8, 4) is 0 Å². The summed E-state index contributed by atoms with van der Waals surface area (Å²) in [6.07, 6.45) is 10.2. The standard InChI is InChI=1S/C17H28O3/c1-16-9-4-10-17(11-18,15(19)20)14(16)8-7-12-5-2-3-6-13(12)16/h12-14,18H,2-11H2,1H3,(H,19,20)/t12-,13+,14?,16-,17-/m1/s1. The molecule has 0 amide bonds. The maximum absolute atomic E-state index is 11.9. The highest BCUT2D eigenvalue weighted by molar-refractivity contribution is 5.75. The molecule has 0 aromatic carbocycles. The molecule has 1 unspecified atom stereocenters. The van der Waals surface area contributed by atoms with Gasteiger partial charge in [-0.05, 0) is 55.3 Å². The van der Waals surface area contributed by atoms with E-state index < -0.39 is 11.4 Å². The quantitative estimate of drug-likeness (QED) is 0.814. The molecule has 3 saturated carbocycles. The Bertz CT molecular complexity index is 394. The lowest BCUT2D eigenvalue weighted by atomic mass is 9.44. The Hall–Kier alpha value is -0.570. The van der Waals surface area contributed by atoms with E-state index in [1.165, 1.54) is 32.1 Å². The second-order valence-electron chi connectivity index (χ2n) is 7.76. The molecule has 5 atom stereocenters. The Morgan fingerprint density at radius 2 is 1.85 bits per heavy atom. The van der Waals surface area contributed by atoms with Gasteiger partial charge in [-0.2, -0.15) is 0 Å². The van der Waals surface area contributed by atoms with Gasteiger partial charge in [0.25, 0.3) is 0 Å². The summed E-state index contributed by atoms with van der Waals surface area (Å²) in [5.74, 6) is 0.921. The van der Waals surface area contributed by atoms with Crippen LogP contribution >= 0.6 is 0 Å². The molecule has 0 aliphatic heterocycles. The molecule has 3 nitrogen and oxygen atoms in total. The van der Waals surface area contributed by atoms with E-state index in [0.717, 1.165) is 25.2 Å². The predicted octanol–water partition coefficient (Wildman–Crippen LogP) is 3.46. The first kappa shape index (κ1) is 14.4. The summed E-state index contributed by atoms with van der Waals surface area (Å²) >= 11 is 0. The predicted molar refractivity (Wildman–Crippen MR) is 77.3 cm³/mol. The molecule has 0 saturated heterocycles. The monoisotopic (exact) mass is 280 g/mol. The van der Waals surface area contributed by atoms with Gasteiger partial charge >= 0.3 is 5.97 Å². The largest absolute Gasteiger partial charge is 0.481 e. The Morgan fingerprint density at radius 1 is 1.10 bits per heavy atom. The molecule has 0 heterocycles. The van der Waals surface area contributed by atoms with Crippen molar-refractivity contribution in [3.63, 3.8) is 0 Å². The number of aliphatic hydroxyl groups is 1. The number of rotatable bonds is 2. The Kier molecular flexibility index (Phi) is 3.60. The molecule has 3 fully saturated rings. The van der Waals surface area contributed by atoms with Gasteiger partial charge < -0.3 is 10.2 Å². The van der Waals surface area contributed by atoms with Gasteiger partial charge in [-0.1, -0.05) is 32.6 Å². The Balaban J connectivity index is 1.97. The molecule has 3 aliphatic carbocycles. The average Bonchev–Trinajstić information content (AvgIpc) is 2.45. The van der Waals surface area contributed by atoms with Crippen molar-refractivity contribution < 1.29 is 15.0 Å². The summed E-state index contributed by atoms with van der Waals surface area (Å²) in [6.45, 7) is 2.16. The van der Waals surface area contributed by atoms with Gasteiger partial charge in [0.2, 0.25) is 0 Å². The van der Waals surface area contributed by atoms with Crippen LogP contribution in [0, 0.1) is 28.6 Å². The van der Waals surface area contributed by atoms with Crippen molar-refractivity contribution in [3.05, 3.63) is 0 Å². The van der Waals surface area contributed by atoms with Gasteiger partial charge in [-0.15, -0.1) is 0 Å². The van der Waals surface area contributed by atoms with Crippen LogP contribution in [0.4, 0.5) is 0 Å². The summed E-state index contributed by atoms with van der Waals surface area (Å²) < 4.78 is 0. The number of carboxylic acid groups (broad SMARTS) is 1. The van der Waals surface area contributed by atoms with Crippen molar-refractivity contribution in [2.75, 3.05) is 6.61 Å². The minimum atomic E-state index is -0.866. The lowest BCUT2D eigenvalue weighted by molar-refractivity contribution is -0.181. The van der Waals surface area contributed by atoms with Gasteiger partial charge in [-0.3, -0.25) is 4.79 Å². The number of carbonyl (C=O) groups is 1. The Labute approximate surface area is 121 Å². The zero-order chi connectivity index (χ0) is 14.4. The van der Waals surface area contributed by atoms with Crippen molar-refractivity contribution >= 4 is 5.97 Å². The van der Waals surface area contributed by atoms with Gasteiger partial charge in [0.1, 0.15) is 0 Å². The molecule has 0 spiro atoms. The smallest absolute Gasteiger partial charge is 0.312 e. The van der Waals surface area contributed by atoms with E-state index in [9.17, 15) is 15.0 Å². The normalized spacial score (nSPS) is 48.2. The summed E-state index contributed by atoms with van der Waals surface area (Å²) in [7, 11) is 0. The second-order valence-corrected chi connectivity index (χ2v) is 7.76. The number of aliphatic carboxylic acids is 1. The van der Waals surface area contributed by atoms with Crippen LogP contribution in [0.25, 0.3) is 0 Å². The summed E-state index contributed by atoms with van der Waals surface area (Å²) in [5, 5.41) is 19.7.